The van der Waals surface area contributed by atoms with E-state index in [0.717, 1.165) is 11.1 Å². The predicted octanol–water partition coefficient (Wildman–Crippen LogP) is 5.03. The first-order valence-electron chi connectivity index (χ1n) is 9.59. The number of nitrogens with zero attached hydrogens (tertiary/aromatic N) is 1. The van der Waals surface area contributed by atoms with Crippen molar-refractivity contribution in [2.75, 3.05) is 5.32 Å². The van der Waals surface area contributed by atoms with E-state index in [0.29, 0.717) is 27.9 Å². The van der Waals surface area contributed by atoms with Crippen LogP contribution in [-0.2, 0) is 9.53 Å². The molecule has 0 aromatic heterocycles. The van der Waals surface area contributed by atoms with Gasteiger partial charge in [-0.25, -0.2) is 4.79 Å². The number of para-hydroxylation sites is 1. The van der Waals surface area contributed by atoms with Crippen LogP contribution >= 0.6 is 0 Å². The minimum atomic E-state index is -0.990. The molecular weight excluding hydrogens is 376 g/mol. The molecule has 30 heavy (non-hydrogen) atoms. The van der Waals surface area contributed by atoms with Gasteiger partial charge in [0.25, 0.3) is 5.91 Å². The summed E-state index contributed by atoms with van der Waals surface area (Å²) in [6.45, 7) is 5.34. The van der Waals surface area contributed by atoms with E-state index in [1.165, 1.54) is 6.92 Å². The number of nitrogens with one attached hydrogen (secondary N) is 1. The number of nitriles is 1. The maximum absolute atomic E-state index is 12.9. The van der Waals surface area contributed by atoms with Crippen molar-refractivity contribution < 1.29 is 14.3 Å². The zero-order valence-corrected chi connectivity index (χ0v) is 17.1. The van der Waals surface area contributed by atoms with Crippen LogP contribution in [0, 0.1) is 25.2 Å². The number of amides is 1. The number of carbonyl (C=O) groups is 2. The van der Waals surface area contributed by atoms with Gasteiger partial charge in [0.05, 0.1) is 17.2 Å². The van der Waals surface area contributed by atoms with E-state index in [1.807, 2.05) is 32.0 Å². The van der Waals surface area contributed by atoms with Crippen LogP contribution in [0.3, 0.4) is 0 Å². The summed E-state index contributed by atoms with van der Waals surface area (Å²) in [7, 11) is 0. The standard InChI is InChI=1S/C25H22N2O3/c1-16-9-8-10-17(2)23(16)27-24(28)18(3)30-25(29)22-14-7-6-13-21(22)20-12-5-4-11-19(20)15-26/h4-14,18H,1-3H3,(H,27,28)/t18-/m1/s1. The fourth-order valence-corrected chi connectivity index (χ4v) is 3.23. The average molecular weight is 398 g/mol. The van der Waals surface area contributed by atoms with E-state index in [-0.39, 0.29) is 0 Å². The summed E-state index contributed by atoms with van der Waals surface area (Å²) in [5, 5.41) is 12.2. The molecule has 0 saturated carbocycles. The Morgan fingerprint density at radius 1 is 0.900 bits per heavy atom. The second-order valence-electron chi connectivity index (χ2n) is 7.01. The van der Waals surface area contributed by atoms with Crippen LogP contribution < -0.4 is 5.32 Å². The van der Waals surface area contributed by atoms with Gasteiger partial charge in [0.15, 0.2) is 6.10 Å². The summed E-state index contributed by atoms with van der Waals surface area (Å²) in [5.41, 5.74) is 4.56. The highest BCUT2D eigenvalue weighted by Gasteiger charge is 2.22. The number of hydrogen-bond acceptors (Lipinski definition) is 4. The third-order valence-electron chi connectivity index (χ3n) is 4.87. The molecular formula is C25H22N2O3. The zero-order valence-electron chi connectivity index (χ0n) is 17.1. The van der Waals surface area contributed by atoms with Gasteiger partial charge in [0.1, 0.15) is 0 Å². The van der Waals surface area contributed by atoms with Gasteiger partial charge >= 0.3 is 5.97 Å². The molecule has 3 aromatic rings. The molecule has 0 unspecified atom stereocenters. The van der Waals surface area contributed by atoms with Crippen LogP contribution in [0.2, 0.25) is 0 Å². The molecule has 3 aromatic carbocycles. The zero-order chi connectivity index (χ0) is 21.7. The molecule has 5 nitrogen and oxygen atoms in total. The third-order valence-corrected chi connectivity index (χ3v) is 4.87. The van der Waals surface area contributed by atoms with Gasteiger partial charge < -0.3 is 10.1 Å². The summed E-state index contributed by atoms with van der Waals surface area (Å²) >= 11 is 0. The second-order valence-corrected chi connectivity index (χ2v) is 7.01. The highest BCUT2D eigenvalue weighted by atomic mass is 16.5. The van der Waals surface area contributed by atoms with E-state index >= 15 is 0 Å². The van der Waals surface area contributed by atoms with E-state index in [4.69, 9.17) is 4.74 Å². The minimum absolute atomic E-state index is 0.298. The molecule has 1 N–H and O–H groups in total. The molecule has 1 amide bonds. The maximum Gasteiger partial charge on any atom is 0.339 e. The number of hydrogen-bond donors (Lipinski definition) is 1. The van der Waals surface area contributed by atoms with Crippen LogP contribution in [0.5, 0.6) is 0 Å². The number of rotatable bonds is 5. The lowest BCUT2D eigenvalue weighted by molar-refractivity contribution is -0.123. The lowest BCUT2D eigenvalue weighted by atomic mass is 9.96. The van der Waals surface area contributed by atoms with Crippen molar-refractivity contribution in [2.24, 2.45) is 0 Å². The fraction of sp³-hybridized carbons (Fsp3) is 0.160. The lowest BCUT2D eigenvalue weighted by Gasteiger charge is -2.17. The Balaban J connectivity index is 1.81. The van der Waals surface area contributed by atoms with E-state index < -0.39 is 18.0 Å². The van der Waals surface area contributed by atoms with Crippen LogP contribution in [0.4, 0.5) is 5.69 Å². The second kappa shape index (κ2) is 9.06. The van der Waals surface area contributed by atoms with Gasteiger partial charge in [-0.15, -0.1) is 0 Å². The molecule has 0 aliphatic carbocycles. The number of esters is 1. The Kier molecular flexibility index (Phi) is 6.29. The first-order valence-corrected chi connectivity index (χ1v) is 9.59. The van der Waals surface area contributed by atoms with Gasteiger partial charge in [-0.05, 0) is 49.6 Å². The van der Waals surface area contributed by atoms with Crippen molar-refractivity contribution in [1.29, 1.82) is 5.26 Å². The molecule has 5 heteroatoms. The molecule has 150 valence electrons. The molecule has 0 aliphatic heterocycles. The summed E-state index contributed by atoms with van der Waals surface area (Å²) in [4.78, 5) is 25.5. The van der Waals surface area contributed by atoms with Crippen molar-refractivity contribution in [3.8, 4) is 17.2 Å². The smallest absolute Gasteiger partial charge is 0.339 e. The van der Waals surface area contributed by atoms with Gasteiger partial charge in [-0.2, -0.15) is 5.26 Å². The van der Waals surface area contributed by atoms with Crippen LogP contribution in [0.1, 0.15) is 34.0 Å². The third kappa shape index (κ3) is 4.39. The Labute approximate surface area is 175 Å². The topological polar surface area (TPSA) is 79.2 Å². The molecule has 0 heterocycles. The van der Waals surface area contributed by atoms with E-state index in [2.05, 4.69) is 11.4 Å². The highest BCUT2D eigenvalue weighted by molar-refractivity contribution is 6.01. The molecule has 0 radical (unpaired) electrons. The number of aryl methyl sites for hydroxylation is 2. The van der Waals surface area contributed by atoms with Crippen LogP contribution in [0.15, 0.2) is 66.7 Å². The average Bonchev–Trinajstić information content (AvgIpc) is 2.76. The van der Waals surface area contributed by atoms with Gasteiger partial charge in [0.2, 0.25) is 0 Å². The number of carbonyl (C=O) groups excluding carboxylic acids is 2. The molecule has 0 bridgehead atoms. The predicted molar refractivity (Wildman–Crippen MR) is 116 cm³/mol. The van der Waals surface area contributed by atoms with E-state index in [9.17, 15) is 14.9 Å². The normalized spacial score (nSPS) is 11.3. The number of anilines is 1. The molecule has 0 saturated heterocycles. The molecule has 1 atom stereocenters. The number of ether oxygens (including phenoxy) is 1. The molecule has 3 rings (SSSR count). The van der Waals surface area contributed by atoms with Crippen molar-refractivity contribution in [1.82, 2.24) is 0 Å². The fourth-order valence-electron chi connectivity index (χ4n) is 3.23. The monoisotopic (exact) mass is 398 g/mol. The van der Waals surface area contributed by atoms with Gasteiger partial charge in [-0.3, -0.25) is 4.79 Å². The Hall–Kier alpha value is -3.91. The summed E-state index contributed by atoms with van der Waals surface area (Å²) in [5.74, 6) is -1.03. The number of benzene rings is 3. The quantitative estimate of drug-likeness (QED) is 0.612. The van der Waals surface area contributed by atoms with Gasteiger partial charge in [-0.1, -0.05) is 54.6 Å². The van der Waals surface area contributed by atoms with Crippen molar-refractivity contribution >= 4 is 17.6 Å². The van der Waals surface area contributed by atoms with Crippen LogP contribution in [-0.4, -0.2) is 18.0 Å². The Morgan fingerprint density at radius 2 is 1.50 bits per heavy atom. The highest BCUT2D eigenvalue weighted by Crippen LogP contribution is 2.28. The molecule has 0 aliphatic rings. The SMILES string of the molecule is Cc1cccc(C)c1NC(=O)[C@@H](C)OC(=O)c1ccccc1-c1ccccc1C#N. The summed E-state index contributed by atoms with van der Waals surface area (Å²) in [6, 6.07) is 21.8. The lowest BCUT2D eigenvalue weighted by Crippen LogP contribution is -2.30. The van der Waals surface area contributed by atoms with Gasteiger partial charge in [0, 0.05) is 11.3 Å². The molecule has 0 fully saturated rings. The van der Waals surface area contributed by atoms with Crippen LogP contribution in [0.25, 0.3) is 11.1 Å². The first kappa shape index (κ1) is 20.8. The Bertz CT molecular complexity index is 1120. The van der Waals surface area contributed by atoms with Crippen molar-refractivity contribution in [2.45, 2.75) is 26.9 Å². The van der Waals surface area contributed by atoms with Crippen molar-refractivity contribution in [3.63, 3.8) is 0 Å². The largest absolute Gasteiger partial charge is 0.449 e. The maximum atomic E-state index is 12.9. The van der Waals surface area contributed by atoms with Crippen molar-refractivity contribution in [3.05, 3.63) is 89.0 Å². The first-order chi connectivity index (χ1) is 14.4. The summed E-state index contributed by atoms with van der Waals surface area (Å²) < 4.78 is 5.45. The summed E-state index contributed by atoms with van der Waals surface area (Å²) in [6.07, 6.45) is -0.990. The minimum Gasteiger partial charge on any atom is -0.449 e. The van der Waals surface area contributed by atoms with E-state index in [1.54, 1.807) is 48.5 Å². The molecule has 0 spiro atoms. The Morgan fingerprint density at radius 3 is 2.17 bits per heavy atom.